The topological polar surface area (TPSA) is 54.5 Å². The molecule has 1 aromatic heterocycles. The van der Waals surface area contributed by atoms with Gasteiger partial charge in [0.2, 0.25) is 5.88 Å². The number of pyridine rings is 1. The molecule has 1 atom stereocenters. The maximum absolute atomic E-state index is 12.3. The maximum Gasteiger partial charge on any atom is 0.317 e. The molecule has 2 aromatic rings. The molecule has 2 amide bonds. The van der Waals surface area contributed by atoms with Gasteiger partial charge in [-0.05, 0) is 31.4 Å². The van der Waals surface area contributed by atoms with Gasteiger partial charge in [0.05, 0.1) is 6.54 Å². The number of aryl methyl sites for hydroxylation is 2. The summed E-state index contributed by atoms with van der Waals surface area (Å²) in [7, 11) is 0. The number of nitrogens with one attached hydrogen (secondary N) is 1. The Bertz CT molecular complexity index is 690. The van der Waals surface area contributed by atoms with Gasteiger partial charge in [-0.3, -0.25) is 0 Å². The second kappa shape index (κ2) is 8.51. The van der Waals surface area contributed by atoms with E-state index in [4.69, 9.17) is 4.74 Å². The van der Waals surface area contributed by atoms with E-state index in [-0.39, 0.29) is 12.1 Å². The first-order valence-electron chi connectivity index (χ1n) is 8.88. The highest BCUT2D eigenvalue weighted by Gasteiger charge is 2.27. The molecule has 132 valence electrons. The Kier molecular flexibility index (Phi) is 5.88. The lowest BCUT2D eigenvalue weighted by atomic mass is 10.1. The fourth-order valence-electron chi connectivity index (χ4n) is 3.01. The van der Waals surface area contributed by atoms with E-state index in [0.29, 0.717) is 19.0 Å². The third kappa shape index (κ3) is 5.21. The van der Waals surface area contributed by atoms with Crippen LogP contribution in [0.15, 0.2) is 48.5 Å². The normalized spacial score (nSPS) is 16.7. The number of hydrogen-bond donors (Lipinski definition) is 1. The van der Waals surface area contributed by atoms with Crippen molar-refractivity contribution < 1.29 is 9.53 Å². The Morgan fingerprint density at radius 3 is 2.88 bits per heavy atom. The van der Waals surface area contributed by atoms with E-state index < -0.39 is 0 Å². The van der Waals surface area contributed by atoms with Crippen molar-refractivity contribution in [1.29, 1.82) is 0 Å². The van der Waals surface area contributed by atoms with Gasteiger partial charge in [0, 0.05) is 31.3 Å². The van der Waals surface area contributed by atoms with E-state index in [1.807, 2.05) is 48.2 Å². The number of likely N-dealkylation sites (tertiary alicyclic amines) is 1. The van der Waals surface area contributed by atoms with Gasteiger partial charge in [-0.25, -0.2) is 9.78 Å². The van der Waals surface area contributed by atoms with Gasteiger partial charge < -0.3 is 15.0 Å². The minimum Gasteiger partial charge on any atom is -0.472 e. The molecule has 1 unspecified atom stereocenters. The molecule has 0 bridgehead atoms. The molecule has 1 aromatic carbocycles. The van der Waals surface area contributed by atoms with Gasteiger partial charge in [0.15, 0.2) is 0 Å². The molecule has 1 aliphatic rings. The molecule has 5 heteroatoms. The number of aromatic nitrogens is 1. The molecule has 1 aliphatic heterocycles. The van der Waals surface area contributed by atoms with Crippen LogP contribution in [-0.4, -0.2) is 41.7 Å². The molecule has 25 heavy (non-hydrogen) atoms. The molecule has 5 nitrogen and oxygen atoms in total. The van der Waals surface area contributed by atoms with Crippen molar-refractivity contribution in [2.45, 2.75) is 32.3 Å². The van der Waals surface area contributed by atoms with Crippen molar-refractivity contribution >= 4 is 6.03 Å². The second-order valence-corrected chi connectivity index (χ2v) is 6.41. The fourth-order valence-corrected chi connectivity index (χ4v) is 3.01. The van der Waals surface area contributed by atoms with Crippen molar-refractivity contribution in [3.63, 3.8) is 0 Å². The largest absolute Gasteiger partial charge is 0.472 e. The molecule has 3 rings (SSSR count). The number of carbonyl (C=O) groups excluding carboxylic acids is 1. The van der Waals surface area contributed by atoms with Crippen molar-refractivity contribution in [3.05, 3.63) is 59.8 Å². The SMILES string of the molecule is Cc1cccc(OC2CCN(C(=O)NCCCc3ccccc3)C2)n1. The van der Waals surface area contributed by atoms with Gasteiger partial charge in [-0.1, -0.05) is 36.4 Å². The van der Waals surface area contributed by atoms with Crippen LogP contribution in [-0.2, 0) is 6.42 Å². The first-order chi connectivity index (χ1) is 12.2. The number of urea groups is 1. The summed E-state index contributed by atoms with van der Waals surface area (Å²) in [6.45, 7) is 3.97. The van der Waals surface area contributed by atoms with E-state index >= 15 is 0 Å². The van der Waals surface area contributed by atoms with Gasteiger partial charge in [0.25, 0.3) is 0 Å². The number of nitrogens with zero attached hydrogens (tertiary/aromatic N) is 2. The van der Waals surface area contributed by atoms with Gasteiger partial charge in [-0.2, -0.15) is 0 Å². The first-order valence-corrected chi connectivity index (χ1v) is 8.88. The number of amides is 2. The standard InChI is InChI=1S/C20H25N3O2/c1-16-7-5-11-19(22-16)25-18-12-14-23(15-18)20(24)21-13-6-10-17-8-3-2-4-9-17/h2-5,7-9,11,18H,6,10,12-15H2,1H3,(H,21,24). The predicted octanol–water partition coefficient (Wildman–Crippen LogP) is 3.19. The quantitative estimate of drug-likeness (QED) is 0.823. The molecule has 0 saturated carbocycles. The Hall–Kier alpha value is -2.56. The highest BCUT2D eigenvalue weighted by atomic mass is 16.5. The van der Waals surface area contributed by atoms with Crippen LogP contribution in [0.2, 0.25) is 0 Å². The summed E-state index contributed by atoms with van der Waals surface area (Å²) in [6.07, 6.45) is 2.78. The lowest BCUT2D eigenvalue weighted by molar-refractivity contribution is 0.183. The van der Waals surface area contributed by atoms with E-state index in [0.717, 1.165) is 31.5 Å². The van der Waals surface area contributed by atoms with Crippen LogP contribution in [0.1, 0.15) is 24.1 Å². The van der Waals surface area contributed by atoms with Crippen LogP contribution in [0, 0.1) is 6.92 Å². The van der Waals surface area contributed by atoms with Crippen LogP contribution in [0.4, 0.5) is 4.79 Å². The molecule has 0 spiro atoms. The van der Waals surface area contributed by atoms with Crippen LogP contribution in [0.25, 0.3) is 0 Å². The van der Waals surface area contributed by atoms with Crippen molar-refractivity contribution in [1.82, 2.24) is 15.2 Å². The maximum atomic E-state index is 12.3. The molecular formula is C20H25N3O2. The number of hydrogen-bond acceptors (Lipinski definition) is 3. The monoisotopic (exact) mass is 339 g/mol. The molecule has 2 heterocycles. The summed E-state index contributed by atoms with van der Waals surface area (Å²) in [6, 6.07) is 16.1. The Morgan fingerprint density at radius 2 is 2.08 bits per heavy atom. The minimum atomic E-state index is -0.00337. The van der Waals surface area contributed by atoms with Gasteiger partial charge in [0.1, 0.15) is 6.10 Å². The Labute approximate surface area is 149 Å². The summed E-state index contributed by atoms with van der Waals surface area (Å²) in [5.41, 5.74) is 2.24. The molecular weight excluding hydrogens is 314 g/mol. The van der Waals surface area contributed by atoms with E-state index in [1.165, 1.54) is 5.56 Å². The molecule has 1 N–H and O–H groups in total. The zero-order chi connectivity index (χ0) is 17.5. The summed E-state index contributed by atoms with van der Waals surface area (Å²) in [4.78, 5) is 18.4. The Balaban J connectivity index is 1.37. The van der Waals surface area contributed by atoms with Gasteiger partial charge >= 0.3 is 6.03 Å². The zero-order valence-corrected chi connectivity index (χ0v) is 14.6. The van der Waals surface area contributed by atoms with Crippen molar-refractivity contribution in [2.75, 3.05) is 19.6 Å². The summed E-state index contributed by atoms with van der Waals surface area (Å²) >= 11 is 0. The fraction of sp³-hybridized carbons (Fsp3) is 0.400. The van der Waals surface area contributed by atoms with Crippen LogP contribution in [0.3, 0.4) is 0 Å². The Morgan fingerprint density at radius 1 is 1.24 bits per heavy atom. The molecule has 0 radical (unpaired) electrons. The number of benzene rings is 1. The lowest BCUT2D eigenvalue weighted by Gasteiger charge is -2.17. The van der Waals surface area contributed by atoms with E-state index in [2.05, 4.69) is 22.4 Å². The highest BCUT2D eigenvalue weighted by Crippen LogP contribution is 2.17. The van der Waals surface area contributed by atoms with Gasteiger partial charge in [-0.15, -0.1) is 0 Å². The average Bonchev–Trinajstić information content (AvgIpc) is 3.08. The summed E-state index contributed by atoms with van der Waals surface area (Å²) in [5, 5.41) is 3.00. The predicted molar refractivity (Wildman–Crippen MR) is 97.7 cm³/mol. The third-order valence-corrected chi connectivity index (χ3v) is 4.34. The molecule has 1 saturated heterocycles. The first kappa shape index (κ1) is 17.3. The second-order valence-electron chi connectivity index (χ2n) is 6.41. The van der Waals surface area contributed by atoms with E-state index in [1.54, 1.807) is 0 Å². The molecule has 1 fully saturated rings. The highest BCUT2D eigenvalue weighted by molar-refractivity contribution is 5.74. The average molecular weight is 339 g/mol. The smallest absolute Gasteiger partial charge is 0.317 e. The van der Waals surface area contributed by atoms with Crippen LogP contribution >= 0.6 is 0 Å². The lowest BCUT2D eigenvalue weighted by Crippen LogP contribution is -2.39. The van der Waals surface area contributed by atoms with Crippen molar-refractivity contribution in [3.8, 4) is 5.88 Å². The van der Waals surface area contributed by atoms with Crippen molar-refractivity contribution in [2.24, 2.45) is 0 Å². The molecule has 0 aliphatic carbocycles. The third-order valence-electron chi connectivity index (χ3n) is 4.34. The summed E-state index contributed by atoms with van der Waals surface area (Å²) < 4.78 is 5.89. The van der Waals surface area contributed by atoms with E-state index in [9.17, 15) is 4.79 Å². The zero-order valence-electron chi connectivity index (χ0n) is 14.6. The van der Waals surface area contributed by atoms with Crippen LogP contribution in [0.5, 0.6) is 5.88 Å². The number of ether oxygens (including phenoxy) is 1. The number of rotatable bonds is 6. The summed E-state index contributed by atoms with van der Waals surface area (Å²) in [5.74, 6) is 0.634. The number of carbonyl (C=O) groups is 1. The minimum absolute atomic E-state index is 0.00337. The van der Waals surface area contributed by atoms with Crippen LogP contribution < -0.4 is 10.1 Å².